The summed E-state index contributed by atoms with van der Waals surface area (Å²) in [5.74, 6) is 3.53. The summed E-state index contributed by atoms with van der Waals surface area (Å²) in [5.41, 5.74) is 0. The van der Waals surface area contributed by atoms with Gasteiger partial charge < -0.3 is 0 Å². The Hall–Kier alpha value is 0. The van der Waals surface area contributed by atoms with Gasteiger partial charge in [0.05, 0.1) is 0 Å². The zero-order valence-corrected chi connectivity index (χ0v) is 9.72. The molecule has 0 rings (SSSR count). The van der Waals surface area contributed by atoms with Crippen LogP contribution in [0.5, 0.6) is 0 Å². The molecule has 0 heteroatoms. The topological polar surface area (TPSA) is 0 Å². The van der Waals surface area contributed by atoms with E-state index in [1.54, 1.807) is 0 Å². The number of rotatable bonds is 5. The SMILES string of the molecule is CC[C@@H](C)[C@@H](C)C(C)[C@@H](C)CC. The van der Waals surface area contributed by atoms with Crippen LogP contribution in [0.3, 0.4) is 0 Å². The maximum atomic E-state index is 2.41. The van der Waals surface area contributed by atoms with Gasteiger partial charge in [0, 0.05) is 0 Å². The smallest absolute Gasteiger partial charge is 0.0389 e. The van der Waals surface area contributed by atoms with Crippen LogP contribution in [0.15, 0.2) is 0 Å². The molecule has 0 N–H and O–H groups in total. The largest absolute Gasteiger partial charge is 0.0651 e. The second-order valence-electron chi connectivity index (χ2n) is 4.49. The summed E-state index contributed by atoms with van der Waals surface area (Å²) in [6.45, 7) is 14.2. The predicted molar refractivity (Wildman–Crippen MR) is 57.2 cm³/mol. The summed E-state index contributed by atoms with van der Waals surface area (Å²) in [6.07, 6.45) is 2.64. The Morgan fingerprint density at radius 1 is 0.667 bits per heavy atom. The van der Waals surface area contributed by atoms with Crippen molar-refractivity contribution in [3.05, 3.63) is 0 Å². The van der Waals surface area contributed by atoms with Crippen LogP contribution in [0.25, 0.3) is 0 Å². The van der Waals surface area contributed by atoms with Gasteiger partial charge in [0.25, 0.3) is 0 Å². The molecule has 0 bridgehead atoms. The highest BCUT2D eigenvalue weighted by molar-refractivity contribution is 4.70. The van der Waals surface area contributed by atoms with E-state index in [4.69, 9.17) is 0 Å². The van der Waals surface area contributed by atoms with Crippen LogP contribution < -0.4 is 0 Å². The summed E-state index contributed by atoms with van der Waals surface area (Å²) in [6, 6.07) is 0. The van der Waals surface area contributed by atoms with Crippen LogP contribution in [0.4, 0.5) is 0 Å². The second-order valence-corrected chi connectivity index (χ2v) is 4.49. The van der Waals surface area contributed by atoms with Gasteiger partial charge in [-0.05, 0) is 23.7 Å². The minimum atomic E-state index is 0.880. The fraction of sp³-hybridized carbons (Fsp3) is 1.00. The molecule has 0 saturated carbocycles. The maximum absolute atomic E-state index is 2.41. The van der Waals surface area contributed by atoms with Crippen molar-refractivity contribution < 1.29 is 0 Å². The molecule has 0 spiro atoms. The lowest BCUT2D eigenvalue weighted by atomic mass is 9.77. The maximum Gasteiger partial charge on any atom is -0.0389 e. The fourth-order valence-electron chi connectivity index (χ4n) is 1.78. The molecule has 0 amide bonds. The summed E-state index contributed by atoms with van der Waals surface area (Å²) >= 11 is 0. The van der Waals surface area contributed by atoms with Crippen molar-refractivity contribution in [3.63, 3.8) is 0 Å². The van der Waals surface area contributed by atoms with Crippen LogP contribution >= 0.6 is 0 Å². The molecule has 0 aliphatic rings. The van der Waals surface area contributed by atoms with Crippen LogP contribution in [-0.2, 0) is 0 Å². The van der Waals surface area contributed by atoms with Gasteiger partial charge in [0.15, 0.2) is 0 Å². The van der Waals surface area contributed by atoms with Gasteiger partial charge in [-0.1, -0.05) is 54.4 Å². The fourth-order valence-corrected chi connectivity index (χ4v) is 1.78. The normalized spacial score (nSPS) is 21.5. The first-order valence-corrected chi connectivity index (χ1v) is 5.54. The van der Waals surface area contributed by atoms with E-state index in [-0.39, 0.29) is 0 Å². The van der Waals surface area contributed by atoms with Gasteiger partial charge in [-0.25, -0.2) is 0 Å². The van der Waals surface area contributed by atoms with E-state index in [9.17, 15) is 0 Å². The molecule has 0 saturated heterocycles. The van der Waals surface area contributed by atoms with E-state index in [1.807, 2.05) is 0 Å². The Morgan fingerprint density at radius 3 is 1.08 bits per heavy atom. The first-order chi connectivity index (χ1) is 5.54. The summed E-state index contributed by atoms with van der Waals surface area (Å²) < 4.78 is 0. The van der Waals surface area contributed by atoms with Gasteiger partial charge in [0.2, 0.25) is 0 Å². The number of hydrogen-bond donors (Lipinski definition) is 0. The van der Waals surface area contributed by atoms with Crippen molar-refractivity contribution in [1.82, 2.24) is 0 Å². The Kier molecular flexibility index (Phi) is 5.61. The Bertz CT molecular complexity index is 92.6. The van der Waals surface area contributed by atoms with Gasteiger partial charge in [-0.15, -0.1) is 0 Å². The van der Waals surface area contributed by atoms with Crippen LogP contribution in [0.1, 0.15) is 54.4 Å². The summed E-state index contributed by atoms with van der Waals surface area (Å²) in [4.78, 5) is 0. The van der Waals surface area contributed by atoms with E-state index in [1.165, 1.54) is 12.8 Å². The molecule has 0 aliphatic heterocycles. The zero-order valence-electron chi connectivity index (χ0n) is 9.72. The van der Waals surface area contributed by atoms with Crippen molar-refractivity contribution in [3.8, 4) is 0 Å². The molecule has 0 aromatic carbocycles. The first-order valence-electron chi connectivity index (χ1n) is 5.54. The molecule has 0 radical (unpaired) electrons. The Labute approximate surface area is 78.8 Å². The van der Waals surface area contributed by atoms with Crippen LogP contribution in [0, 0.1) is 23.7 Å². The van der Waals surface area contributed by atoms with Gasteiger partial charge in [-0.2, -0.15) is 0 Å². The van der Waals surface area contributed by atoms with Gasteiger partial charge in [0.1, 0.15) is 0 Å². The van der Waals surface area contributed by atoms with Gasteiger partial charge >= 0.3 is 0 Å². The Balaban J connectivity index is 3.99. The van der Waals surface area contributed by atoms with Crippen molar-refractivity contribution in [2.45, 2.75) is 54.4 Å². The average molecular weight is 170 g/mol. The molecule has 1 unspecified atom stereocenters. The lowest BCUT2D eigenvalue weighted by Gasteiger charge is -2.29. The lowest BCUT2D eigenvalue weighted by Crippen LogP contribution is -2.21. The number of hydrogen-bond acceptors (Lipinski definition) is 0. The van der Waals surface area contributed by atoms with E-state index in [0.717, 1.165) is 23.7 Å². The highest BCUT2D eigenvalue weighted by atomic mass is 14.3. The highest BCUT2D eigenvalue weighted by Gasteiger charge is 2.21. The van der Waals surface area contributed by atoms with Gasteiger partial charge in [-0.3, -0.25) is 0 Å². The first kappa shape index (κ1) is 12.0. The van der Waals surface area contributed by atoms with Crippen molar-refractivity contribution in [2.75, 3.05) is 0 Å². The lowest BCUT2D eigenvalue weighted by molar-refractivity contribution is 0.205. The third kappa shape index (κ3) is 3.16. The monoisotopic (exact) mass is 170 g/mol. The minimum absolute atomic E-state index is 0.880. The van der Waals surface area contributed by atoms with E-state index >= 15 is 0 Å². The van der Waals surface area contributed by atoms with Crippen molar-refractivity contribution >= 4 is 0 Å². The molecule has 0 fully saturated rings. The molecule has 0 nitrogen and oxygen atoms in total. The van der Waals surface area contributed by atoms with E-state index < -0.39 is 0 Å². The molecule has 4 atom stereocenters. The highest BCUT2D eigenvalue weighted by Crippen LogP contribution is 2.29. The standard InChI is InChI=1S/C12H26/c1-7-9(3)11(5)12(6)10(4)8-2/h9-12H,7-8H2,1-6H3/t9-,10+,11-,12?/m1/s1. The second kappa shape index (κ2) is 5.61. The Morgan fingerprint density at radius 2 is 0.917 bits per heavy atom. The zero-order chi connectivity index (χ0) is 9.72. The predicted octanol–water partition coefficient (Wildman–Crippen LogP) is 4.35. The molecule has 0 aliphatic carbocycles. The summed E-state index contributed by atoms with van der Waals surface area (Å²) in [7, 11) is 0. The van der Waals surface area contributed by atoms with Crippen molar-refractivity contribution in [1.29, 1.82) is 0 Å². The van der Waals surface area contributed by atoms with Crippen molar-refractivity contribution in [2.24, 2.45) is 23.7 Å². The minimum Gasteiger partial charge on any atom is -0.0651 e. The molecular weight excluding hydrogens is 144 g/mol. The van der Waals surface area contributed by atoms with Crippen LogP contribution in [0.2, 0.25) is 0 Å². The molecule has 0 heterocycles. The molecular formula is C12H26. The quantitative estimate of drug-likeness (QED) is 0.575. The molecule has 74 valence electrons. The third-order valence-electron chi connectivity index (χ3n) is 3.91. The molecule has 0 aromatic rings. The molecule has 12 heavy (non-hydrogen) atoms. The molecule has 0 aromatic heterocycles. The van der Waals surface area contributed by atoms with Crippen LogP contribution in [-0.4, -0.2) is 0 Å². The third-order valence-corrected chi connectivity index (χ3v) is 3.91. The average Bonchev–Trinajstić information content (AvgIpc) is 2.12. The summed E-state index contributed by atoms with van der Waals surface area (Å²) in [5, 5.41) is 0. The van der Waals surface area contributed by atoms with E-state index in [0.29, 0.717) is 0 Å². The van der Waals surface area contributed by atoms with E-state index in [2.05, 4.69) is 41.5 Å².